The molecule has 0 aliphatic carbocycles. The number of esters is 1. The van der Waals surface area contributed by atoms with Crippen LogP contribution < -0.4 is 5.32 Å². The standard InChI is InChI=1S/C22H19N3O5/c1-13(26)16-6-8-17(9-7-16)24-20(27)15(3)30-22(28)19-14(2)29-21(18(19)12-23)25-10-4-5-11-25/h4-11,15H,1-3H3,(H,24,27)/t15-/m0/s1. The van der Waals surface area contributed by atoms with Gasteiger partial charge in [-0.05, 0) is 57.2 Å². The number of ether oxygens (including phenoxy) is 1. The Kier molecular flexibility index (Phi) is 5.83. The average molecular weight is 405 g/mol. The Morgan fingerprint density at radius 2 is 1.80 bits per heavy atom. The van der Waals surface area contributed by atoms with Crippen molar-refractivity contribution in [1.29, 1.82) is 5.26 Å². The molecule has 2 heterocycles. The van der Waals surface area contributed by atoms with E-state index in [4.69, 9.17) is 9.15 Å². The molecule has 0 aliphatic rings. The van der Waals surface area contributed by atoms with Crippen LogP contribution in [0.2, 0.25) is 0 Å². The molecule has 0 bridgehead atoms. The molecule has 3 aromatic rings. The zero-order chi connectivity index (χ0) is 21.8. The van der Waals surface area contributed by atoms with Gasteiger partial charge in [-0.15, -0.1) is 0 Å². The quantitative estimate of drug-likeness (QED) is 0.495. The van der Waals surface area contributed by atoms with Crippen LogP contribution in [0.15, 0.2) is 53.2 Å². The number of hydrogen-bond donors (Lipinski definition) is 1. The summed E-state index contributed by atoms with van der Waals surface area (Å²) >= 11 is 0. The normalized spacial score (nSPS) is 11.4. The number of carbonyl (C=O) groups excluding carboxylic acids is 3. The molecule has 0 saturated carbocycles. The Labute approximate surface area is 172 Å². The summed E-state index contributed by atoms with van der Waals surface area (Å²) in [6.45, 7) is 4.42. The van der Waals surface area contributed by atoms with Crippen molar-refractivity contribution in [2.75, 3.05) is 5.32 Å². The van der Waals surface area contributed by atoms with Gasteiger partial charge in [0.15, 0.2) is 11.9 Å². The van der Waals surface area contributed by atoms with E-state index in [0.717, 1.165) is 0 Å². The third kappa shape index (κ3) is 4.15. The number of Topliss-reactive ketones (excluding diaryl/α,β-unsaturated/α-hetero) is 1. The number of furan rings is 1. The fourth-order valence-electron chi connectivity index (χ4n) is 2.84. The van der Waals surface area contributed by atoms with Gasteiger partial charge in [-0.2, -0.15) is 5.26 Å². The van der Waals surface area contributed by atoms with E-state index in [1.165, 1.54) is 13.8 Å². The number of rotatable bonds is 6. The highest BCUT2D eigenvalue weighted by Crippen LogP contribution is 2.26. The van der Waals surface area contributed by atoms with Gasteiger partial charge in [0.05, 0.1) is 0 Å². The summed E-state index contributed by atoms with van der Waals surface area (Å²) in [6, 6.07) is 11.8. The van der Waals surface area contributed by atoms with Crippen LogP contribution in [-0.4, -0.2) is 28.3 Å². The maximum atomic E-state index is 12.7. The Balaban J connectivity index is 1.73. The molecule has 1 atom stereocenters. The Morgan fingerprint density at radius 1 is 1.17 bits per heavy atom. The third-order valence-corrected chi connectivity index (χ3v) is 4.43. The summed E-state index contributed by atoms with van der Waals surface area (Å²) in [7, 11) is 0. The van der Waals surface area contributed by atoms with Gasteiger partial charge in [0.25, 0.3) is 5.91 Å². The minimum atomic E-state index is -1.12. The van der Waals surface area contributed by atoms with Crippen molar-refractivity contribution in [3.63, 3.8) is 0 Å². The molecule has 1 aromatic carbocycles. The van der Waals surface area contributed by atoms with E-state index in [2.05, 4.69) is 5.32 Å². The molecule has 0 fully saturated rings. The van der Waals surface area contributed by atoms with Gasteiger partial charge in [-0.25, -0.2) is 4.79 Å². The first-order chi connectivity index (χ1) is 14.3. The zero-order valence-corrected chi connectivity index (χ0v) is 16.6. The highest BCUT2D eigenvalue weighted by molar-refractivity contribution is 5.99. The Morgan fingerprint density at radius 3 is 2.37 bits per heavy atom. The lowest BCUT2D eigenvalue weighted by atomic mass is 10.1. The number of aryl methyl sites for hydroxylation is 1. The highest BCUT2D eigenvalue weighted by atomic mass is 16.5. The number of anilines is 1. The van der Waals surface area contributed by atoms with Gasteiger partial charge >= 0.3 is 5.97 Å². The molecular formula is C22H19N3O5. The molecule has 0 spiro atoms. The molecule has 0 radical (unpaired) electrons. The number of amides is 1. The second-order valence-corrected chi connectivity index (χ2v) is 6.59. The van der Waals surface area contributed by atoms with Crippen molar-refractivity contribution in [2.45, 2.75) is 26.9 Å². The molecular weight excluding hydrogens is 386 g/mol. The van der Waals surface area contributed by atoms with E-state index >= 15 is 0 Å². The van der Waals surface area contributed by atoms with Crippen molar-refractivity contribution < 1.29 is 23.5 Å². The fourth-order valence-corrected chi connectivity index (χ4v) is 2.84. The molecule has 3 rings (SSSR count). The first-order valence-corrected chi connectivity index (χ1v) is 9.11. The summed E-state index contributed by atoms with van der Waals surface area (Å²) in [5, 5.41) is 12.1. The van der Waals surface area contributed by atoms with Crippen LogP contribution in [0.1, 0.15) is 45.9 Å². The molecule has 8 heteroatoms. The summed E-state index contributed by atoms with van der Waals surface area (Å²) in [5.41, 5.74) is 0.984. The first-order valence-electron chi connectivity index (χ1n) is 9.11. The summed E-state index contributed by atoms with van der Waals surface area (Å²) in [4.78, 5) is 36.4. The minimum absolute atomic E-state index is 0.0216. The van der Waals surface area contributed by atoms with Crippen molar-refractivity contribution >= 4 is 23.3 Å². The number of nitrogens with one attached hydrogen (secondary N) is 1. The highest BCUT2D eigenvalue weighted by Gasteiger charge is 2.28. The lowest BCUT2D eigenvalue weighted by Gasteiger charge is -2.13. The number of ketones is 1. The topological polar surface area (TPSA) is 114 Å². The second kappa shape index (κ2) is 8.49. The van der Waals surface area contributed by atoms with Gasteiger partial charge in [0.2, 0.25) is 5.88 Å². The second-order valence-electron chi connectivity index (χ2n) is 6.59. The predicted molar refractivity (Wildman–Crippen MR) is 107 cm³/mol. The number of benzene rings is 1. The molecule has 0 unspecified atom stereocenters. The van der Waals surface area contributed by atoms with Crippen LogP contribution in [0.4, 0.5) is 5.69 Å². The number of carbonyl (C=O) groups is 3. The smallest absolute Gasteiger partial charge is 0.343 e. The summed E-state index contributed by atoms with van der Waals surface area (Å²) in [6.07, 6.45) is 2.24. The van der Waals surface area contributed by atoms with Gasteiger partial charge in [-0.3, -0.25) is 14.2 Å². The lowest BCUT2D eigenvalue weighted by molar-refractivity contribution is -0.123. The molecule has 1 N–H and O–H groups in total. The molecule has 152 valence electrons. The van der Waals surface area contributed by atoms with Crippen LogP contribution in [0.3, 0.4) is 0 Å². The van der Waals surface area contributed by atoms with Gasteiger partial charge in [0, 0.05) is 23.6 Å². The van der Waals surface area contributed by atoms with Crippen molar-refractivity contribution in [1.82, 2.24) is 4.57 Å². The van der Waals surface area contributed by atoms with Crippen LogP contribution in [-0.2, 0) is 9.53 Å². The number of hydrogen-bond acceptors (Lipinski definition) is 6. The third-order valence-electron chi connectivity index (χ3n) is 4.43. The molecule has 0 aliphatic heterocycles. The van der Waals surface area contributed by atoms with Crippen molar-refractivity contribution in [2.24, 2.45) is 0 Å². The Hall–Kier alpha value is -4.12. The van der Waals surface area contributed by atoms with E-state index in [-0.39, 0.29) is 28.6 Å². The maximum absolute atomic E-state index is 12.7. The largest absolute Gasteiger partial charge is 0.449 e. The zero-order valence-electron chi connectivity index (χ0n) is 16.6. The molecule has 0 saturated heterocycles. The van der Waals surface area contributed by atoms with E-state index in [0.29, 0.717) is 11.3 Å². The SMILES string of the molecule is CC(=O)c1ccc(NC(=O)[C@H](C)OC(=O)c2c(C)oc(-n3cccc3)c2C#N)cc1. The maximum Gasteiger partial charge on any atom is 0.343 e. The predicted octanol–water partition coefficient (Wildman–Crippen LogP) is 3.64. The molecule has 2 aromatic heterocycles. The monoisotopic (exact) mass is 405 g/mol. The average Bonchev–Trinajstić information content (AvgIpc) is 3.35. The van der Waals surface area contributed by atoms with Crippen LogP contribution in [0.25, 0.3) is 5.88 Å². The van der Waals surface area contributed by atoms with E-state index in [9.17, 15) is 19.6 Å². The van der Waals surface area contributed by atoms with Crippen molar-refractivity contribution in [3.8, 4) is 12.0 Å². The van der Waals surface area contributed by atoms with Crippen LogP contribution >= 0.6 is 0 Å². The first kappa shape index (κ1) is 20.6. The molecule has 8 nitrogen and oxygen atoms in total. The number of aromatic nitrogens is 1. The number of nitriles is 1. The summed E-state index contributed by atoms with van der Waals surface area (Å²) < 4.78 is 12.4. The lowest BCUT2D eigenvalue weighted by Crippen LogP contribution is -2.30. The van der Waals surface area contributed by atoms with Gasteiger partial charge < -0.3 is 14.5 Å². The van der Waals surface area contributed by atoms with Crippen LogP contribution in [0, 0.1) is 18.3 Å². The summed E-state index contributed by atoms with van der Waals surface area (Å²) in [5.74, 6) is -1.05. The van der Waals surface area contributed by atoms with E-state index in [1.54, 1.807) is 60.3 Å². The minimum Gasteiger partial charge on any atom is -0.449 e. The molecule has 1 amide bonds. The van der Waals surface area contributed by atoms with Crippen LogP contribution in [0.5, 0.6) is 0 Å². The van der Waals surface area contributed by atoms with Crippen molar-refractivity contribution in [3.05, 3.63) is 71.2 Å². The van der Waals surface area contributed by atoms with E-state index < -0.39 is 18.0 Å². The molecule has 30 heavy (non-hydrogen) atoms. The Bertz CT molecular complexity index is 1130. The van der Waals surface area contributed by atoms with E-state index in [1.807, 2.05) is 6.07 Å². The van der Waals surface area contributed by atoms with Gasteiger partial charge in [0.1, 0.15) is 23.0 Å². The fraction of sp³-hybridized carbons (Fsp3) is 0.182. The van der Waals surface area contributed by atoms with Gasteiger partial charge in [-0.1, -0.05) is 0 Å². The number of nitrogens with zero attached hydrogens (tertiary/aromatic N) is 2.